The lowest BCUT2D eigenvalue weighted by Gasteiger charge is -2.30. The van der Waals surface area contributed by atoms with E-state index in [0.29, 0.717) is 16.1 Å². The molecule has 2 aromatic carbocycles. The molecule has 23 heavy (non-hydrogen) atoms. The minimum absolute atomic E-state index is 0.0106. The largest absolute Gasteiger partial charge is 0.379 e. The van der Waals surface area contributed by atoms with Crippen LogP contribution < -0.4 is 11.1 Å². The summed E-state index contributed by atoms with van der Waals surface area (Å²) in [6, 6.07) is 13.5. The average Bonchev–Trinajstić information content (AvgIpc) is 2.53. The molecule has 0 aliphatic carbocycles. The second-order valence-electron chi connectivity index (χ2n) is 5.38. The zero-order valence-corrected chi connectivity index (χ0v) is 14.9. The molecule has 122 valence electrons. The van der Waals surface area contributed by atoms with Gasteiger partial charge in [0, 0.05) is 9.50 Å². The maximum Gasteiger partial charge on any atom is 0.236 e. The zero-order valence-electron chi connectivity index (χ0n) is 12.6. The van der Waals surface area contributed by atoms with Crippen LogP contribution in [0.3, 0.4) is 0 Å². The van der Waals surface area contributed by atoms with Crippen LogP contribution in [0.5, 0.6) is 0 Å². The number of nitrogens with one attached hydrogen (secondary N) is 1. The van der Waals surface area contributed by atoms with Crippen LogP contribution >= 0.6 is 27.5 Å². The van der Waals surface area contributed by atoms with E-state index in [1.807, 2.05) is 12.1 Å². The minimum atomic E-state index is -1.38. The van der Waals surface area contributed by atoms with Crippen molar-refractivity contribution in [1.82, 2.24) is 5.32 Å². The number of carbonyl (C=O) groups excluding carboxylic acids is 1. The highest BCUT2D eigenvalue weighted by Crippen LogP contribution is 2.31. The van der Waals surface area contributed by atoms with Crippen molar-refractivity contribution in [2.24, 2.45) is 5.73 Å². The highest BCUT2D eigenvalue weighted by atomic mass is 79.9. The van der Waals surface area contributed by atoms with E-state index < -0.39 is 11.6 Å². The average molecular weight is 398 g/mol. The van der Waals surface area contributed by atoms with Crippen molar-refractivity contribution in [3.8, 4) is 0 Å². The smallest absolute Gasteiger partial charge is 0.236 e. The molecule has 0 aromatic heterocycles. The molecule has 2 aromatic rings. The lowest BCUT2D eigenvalue weighted by Crippen LogP contribution is -2.46. The van der Waals surface area contributed by atoms with Crippen molar-refractivity contribution in [2.75, 3.05) is 6.54 Å². The Kier molecular flexibility index (Phi) is 5.81. The van der Waals surface area contributed by atoms with Crippen molar-refractivity contribution < 1.29 is 9.90 Å². The van der Waals surface area contributed by atoms with E-state index in [4.69, 9.17) is 17.3 Å². The maximum atomic E-state index is 11.8. The fourth-order valence-corrected chi connectivity index (χ4v) is 2.59. The molecule has 4 nitrogen and oxygen atoms in total. The molecule has 0 bridgehead atoms. The first-order valence-corrected chi connectivity index (χ1v) is 8.28. The third kappa shape index (κ3) is 4.32. The first kappa shape index (κ1) is 17.9. The minimum Gasteiger partial charge on any atom is -0.379 e. The molecular weight excluding hydrogens is 380 g/mol. The number of hydrogen-bond donors (Lipinski definition) is 3. The second kappa shape index (κ2) is 7.45. The van der Waals surface area contributed by atoms with Gasteiger partial charge in [-0.15, -0.1) is 0 Å². The van der Waals surface area contributed by atoms with Crippen LogP contribution in [0.2, 0.25) is 5.02 Å². The Balaban J connectivity index is 2.39. The Hall–Kier alpha value is -1.40. The second-order valence-corrected chi connectivity index (χ2v) is 6.73. The number of hydrogen-bond acceptors (Lipinski definition) is 3. The summed E-state index contributed by atoms with van der Waals surface area (Å²) < 4.78 is 0.902. The van der Waals surface area contributed by atoms with Crippen LogP contribution in [0, 0.1) is 0 Å². The summed E-state index contributed by atoms with van der Waals surface area (Å²) in [6.07, 6.45) is 0. The number of benzene rings is 2. The van der Waals surface area contributed by atoms with Gasteiger partial charge < -0.3 is 16.2 Å². The Morgan fingerprint density at radius 3 is 2.17 bits per heavy atom. The summed E-state index contributed by atoms with van der Waals surface area (Å²) >= 11 is 9.30. The normalized spacial score (nSPS) is 14.8. The van der Waals surface area contributed by atoms with E-state index in [0.717, 1.165) is 4.47 Å². The zero-order chi connectivity index (χ0) is 17.0. The Morgan fingerprint density at radius 2 is 1.70 bits per heavy atom. The van der Waals surface area contributed by atoms with Crippen molar-refractivity contribution in [3.05, 3.63) is 69.2 Å². The van der Waals surface area contributed by atoms with Crippen molar-refractivity contribution >= 4 is 33.4 Å². The van der Waals surface area contributed by atoms with Crippen LogP contribution in [0.15, 0.2) is 53.0 Å². The number of rotatable bonds is 5. The van der Waals surface area contributed by atoms with Gasteiger partial charge in [-0.1, -0.05) is 51.8 Å². The highest BCUT2D eigenvalue weighted by Gasteiger charge is 2.32. The van der Waals surface area contributed by atoms with Crippen LogP contribution in [0.25, 0.3) is 0 Å². The van der Waals surface area contributed by atoms with Gasteiger partial charge in [0.2, 0.25) is 5.91 Å². The first-order valence-electron chi connectivity index (χ1n) is 7.10. The van der Waals surface area contributed by atoms with Gasteiger partial charge in [-0.3, -0.25) is 4.79 Å². The maximum absolute atomic E-state index is 11.8. The standard InChI is InChI=1S/C17H18BrClN2O2/c1-11(20)16(22)21-10-17(23,12-2-6-14(18)7-3-12)13-4-8-15(19)9-5-13/h2-9,11,23H,10,20H2,1H3,(H,21,22). The summed E-state index contributed by atoms with van der Waals surface area (Å²) in [5, 5.41) is 14.5. The van der Waals surface area contributed by atoms with Crippen molar-refractivity contribution in [2.45, 2.75) is 18.6 Å². The van der Waals surface area contributed by atoms with Gasteiger partial charge in [0.1, 0.15) is 5.60 Å². The topological polar surface area (TPSA) is 75.4 Å². The highest BCUT2D eigenvalue weighted by molar-refractivity contribution is 9.10. The molecule has 0 heterocycles. The van der Waals surface area contributed by atoms with Crippen molar-refractivity contribution in [3.63, 3.8) is 0 Å². The van der Waals surface area contributed by atoms with E-state index in [-0.39, 0.29) is 12.5 Å². The molecule has 2 unspecified atom stereocenters. The van der Waals surface area contributed by atoms with Gasteiger partial charge >= 0.3 is 0 Å². The summed E-state index contributed by atoms with van der Waals surface area (Å²) in [7, 11) is 0. The fourth-order valence-electron chi connectivity index (χ4n) is 2.20. The van der Waals surface area contributed by atoms with Gasteiger partial charge in [-0.25, -0.2) is 0 Å². The summed E-state index contributed by atoms with van der Waals surface area (Å²) in [5.74, 6) is -0.325. The van der Waals surface area contributed by atoms with Gasteiger partial charge in [-0.2, -0.15) is 0 Å². The van der Waals surface area contributed by atoms with Gasteiger partial charge in [0.05, 0.1) is 12.6 Å². The lowest BCUT2D eigenvalue weighted by atomic mass is 9.86. The van der Waals surface area contributed by atoms with Gasteiger partial charge in [0.15, 0.2) is 0 Å². The molecule has 2 atom stereocenters. The van der Waals surface area contributed by atoms with Gasteiger partial charge in [0.25, 0.3) is 0 Å². The van der Waals surface area contributed by atoms with E-state index >= 15 is 0 Å². The molecule has 2 rings (SSSR count). The summed E-state index contributed by atoms with van der Waals surface area (Å²) in [5.41, 5.74) is 5.48. The van der Waals surface area contributed by atoms with Crippen molar-refractivity contribution in [1.29, 1.82) is 0 Å². The molecule has 0 aliphatic heterocycles. The Bertz CT molecular complexity index is 626. The van der Waals surface area contributed by atoms with Gasteiger partial charge in [-0.05, 0) is 42.3 Å². The number of amides is 1. The molecular formula is C17H18BrClN2O2. The summed E-state index contributed by atoms with van der Waals surface area (Å²) in [4.78, 5) is 11.8. The molecule has 0 aliphatic rings. The quantitative estimate of drug-likeness (QED) is 0.726. The van der Waals surface area contributed by atoms with E-state index in [1.54, 1.807) is 43.3 Å². The lowest BCUT2D eigenvalue weighted by molar-refractivity contribution is -0.123. The Labute approximate surface area is 148 Å². The molecule has 6 heteroatoms. The van der Waals surface area contributed by atoms with E-state index in [2.05, 4.69) is 21.2 Å². The molecule has 4 N–H and O–H groups in total. The van der Waals surface area contributed by atoms with E-state index in [9.17, 15) is 9.90 Å². The van der Waals surface area contributed by atoms with Crippen LogP contribution in [-0.4, -0.2) is 23.6 Å². The number of carbonyl (C=O) groups is 1. The van der Waals surface area contributed by atoms with E-state index in [1.165, 1.54) is 0 Å². The molecule has 0 saturated carbocycles. The molecule has 0 fully saturated rings. The van der Waals surface area contributed by atoms with Crippen LogP contribution in [0.4, 0.5) is 0 Å². The van der Waals surface area contributed by atoms with Crippen LogP contribution in [-0.2, 0) is 10.4 Å². The number of nitrogens with two attached hydrogens (primary N) is 1. The third-order valence-corrected chi connectivity index (χ3v) is 4.36. The third-order valence-electron chi connectivity index (χ3n) is 3.58. The number of aliphatic hydroxyl groups is 1. The predicted octanol–water partition coefficient (Wildman–Crippen LogP) is 2.80. The summed E-state index contributed by atoms with van der Waals surface area (Å²) in [6.45, 7) is 1.60. The first-order chi connectivity index (χ1) is 10.8. The predicted molar refractivity (Wildman–Crippen MR) is 95.3 cm³/mol. The monoisotopic (exact) mass is 396 g/mol. The SMILES string of the molecule is CC(N)C(=O)NCC(O)(c1ccc(Cl)cc1)c1ccc(Br)cc1. The number of halogens is 2. The molecule has 1 amide bonds. The van der Waals surface area contributed by atoms with Crippen LogP contribution in [0.1, 0.15) is 18.1 Å². The Morgan fingerprint density at radius 1 is 1.22 bits per heavy atom. The molecule has 0 saturated heterocycles. The molecule has 0 spiro atoms. The molecule has 0 radical (unpaired) electrons. The fraction of sp³-hybridized carbons (Fsp3) is 0.235.